The van der Waals surface area contributed by atoms with Crippen molar-refractivity contribution in [2.45, 2.75) is 73.3 Å². The molecule has 0 aromatic carbocycles. The number of hydrogen-bond donors (Lipinski definition) is 1. The molecule has 0 saturated heterocycles. The first-order chi connectivity index (χ1) is 6.73. The molecule has 0 saturated carbocycles. The summed E-state index contributed by atoms with van der Waals surface area (Å²) in [6, 6.07) is 0. The molecule has 0 radical (unpaired) electrons. The van der Waals surface area contributed by atoms with Crippen LogP contribution >= 0.6 is 0 Å². The van der Waals surface area contributed by atoms with E-state index in [-0.39, 0.29) is 16.9 Å². The second kappa shape index (κ2) is 5.86. The lowest BCUT2D eigenvalue weighted by molar-refractivity contribution is -0.305. The number of rotatable bonds is 6. The Kier molecular flexibility index (Phi) is 5.82. The van der Waals surface area contributed by atoms with Crippen LogP contribution in [0, 0.1) is 10.8 Å². The summed E-state index contributed by atoms with van der Waals surface area (Å²) >= 11 is 0. The van der Waals surface area contributed by atoms with Crippen LogP contribution in [-0.2, 0) is 4.89 Å². The summed E-state index contributed by atoms with van der Waals surface area (Å²) < 4.78 is 0. The fourth-order valence-electron chi connectivity index (χ4n) is 2.46. The molecular formula is C13H28O2. The maximum absolute atomic E-state index is 8.99. The summed E-state index contributed by atoms with van der Waals surface area (Å²) in [7, 11) is 0. The van der Waals surface area contributed by atoms with E-state index in [4.69, 9.17) is 5.26 Å². The Balaban J connectivity index is 4.37. The Morgan fingerprint density at radius 2 is 1.67 bits per heavy atom. The molecule has 2 nitrogen and oxygen atoms in total. The third-order valence-corrected chi connectivity index (χ3v) is 2.80. The van der Waals surface area contributed by atoms with Gasteiger partial charge in [0.25, 0.3) is 0 Å². The minimum absolute atomic E-state index is 0.0299. The Labute approximate surface area is 95.0 Å². The molecule has 1 N–H and O–H groups in total. The summed E-state index contributed by atoms with van der Waals surface area (Å²) in [6.45, 7) is 13.2. The van der Waals surface area contributed by atoms with Crippen LogP contribution < -0.4 is 0 Å². The normalized spacial score (nSPS) is 15.4. The van der Waals surface area contributed by atoms with Gasteiger partial charge in [0.05, 0.1) is 6.10 Å². The second-order valence-electron chi connectivity index (χ2n) is 6.46. The molecule has 1 atom stereocenters. The summed E-state index contributed by atoms with van der Waals surface area (Å²) in [5.74, 6) is 0. The lowest BCUT2D eigenvalue weighted by atomic mass is 9.72. The highest BCUT2D eigenvalue weighted by atomic mass is 17.1. The van der Waals surface area contributed by atoms with Crippen LogP contribution in [0.3, 0.4) is 0 Å². The maximum Gasteiger partial charge on any atom is 0.0978 e. The Morgan fingerprint density at radius 1 is 1.13 bits per heavy atom. The highest BCUT2D eigenvalue weighted by Gasteiger charge is 2.34. The smallest absolute Gasteiger partial charge is 0.0978 e. The molecule has 0 fully saturated rings. The van der Waals surface area contributed by atoms with Gasteiger partial charge in [-0.1, -0.05) is 54.4 Å². The lowest BCUT2D eigenvalue weighted by Crippen LogP contribution is -2.34. The average Bonchev–Trinajstić information content (AvgIpc) is 2.00. The molecule has 0 rings (SSSR count). The molecule has 2 heteroatoms. The summed E-state index contributed by atoms with van der Waals surface area (Å²) in [6.07, 6.45) is 4.20. The van der Waals surface area contributed by atoms with Crippen molar-refractivity contribution in [3.8, 4) is 0 Å². The highest BCUT2D eigenvalue weighted by molar-refractivity contribution is 4.83. The van der Waals surface area contributed by atoms with E-state index in [0.29, 0.717) is 0 Å². The van der Waals surface area contributed by atoms with Crippen LogP contribution in [0.15, 0.2) is 0 Å². The van der Waals surface area contributed by atoms with E-state index in [1.807, 2.05) is 0 Å². The van der Waals surface area contributed by atoms with Crippen molar-refractivity contribution < 1.29 is 10.1 Å². The van der Waals surface area contributed by atoms with Gasteiger partial charge in [0, 0.05) is 0 Å². The van der Waals surface area contributed by atoms with E-state index in [1.54, 1.807) is 0 Å². The van der Waals surface area contributed by atoms with Crippen LogP contribution in [0.25, 0.3) is 0 Å². The van der Waals surface area contributed by atoms with E-state index in [1.165, 1.54) is 0 Å². The van der Waals surface area contributed by atoms with Crippen molar-refractivity contribution in [1.82, 2.24) is 0 Å². The van der Waals surface area contributed by atoms with Gasteiger partial charge in [-0.05, 0) is 23.7 Å². The van der Waals surface area contributed by atoms with Crippen molar-refractivity contribution in [3.63, 3.8) is 0 Å². The van der Waals surface area contributed by atoms with Gasteiger partial charge in [0.2, 0.25) is 0 Å². The van der Waals surface area contributed by atoms with Crippen LogP contribution in [0.5, 0.6) is 0 Å². The van der Waals surface area contributed by atoms with Gasteiger partial charge in [0.1, 0.15) is 0 Å². The Morgan fingerprint density at radius 3 is 2.00 bits per heavy atom. The Bertz CT molecular complexity index is 168. The summed E-state index contributed by atoms with van der Waals surface area (Å²) in [5, 5.41) is 8.99. The number of unbranched alkanes of at least 4 members (excludes halogenated alkanes) is 1. The molecule has 92 valence electrons. The zero-order valence-corrected chi connectivity index (χ0v) is 11.3. The van der Waals surface area contributed by atoms with Gasteiger partial charge in [-0.3, -0.25) is 5.26 Å². The summed E-state index contributed by atoms with van der Waals surface area (Å²) in [4.78, 5) is 4.66. The SMILES string of the molecule is CCCCC(OO)C(C)(C)CC(C)(C)C. The van der Waals surface area contributed by atoms with E-state index < -0.39 is 0 Å². The standard InChI is InChI=1S/C13H28O2/c1-7-8-9-11(15-14)13(5,6)10-12(2,3)4/h11,14H,7-10H2,1-6H3. The minimum atomic E-state index is -0.0447. The van der Waals surface area contributed by atoms with Crippen LogP contribution in [0.2, 0.25) is 0 Å². The van der Waals surface area contributed by atoms with Gasteiger partial charge in [-0.15, -0.1) is 0 Å². The van der Waals surface area contributed by atoms with Crippen LogP contribution in [0.1, 0.15) is 67.2 Å². The van der Waals surface area contributed by atoms with E-state index in [2.05, 4.69) is 46.4 Å². The van der Waals surface area contributed by atoms with Crippen molar-refractivity contribution in [3.05, 3.63) is 0 Å². The molecule has 15 heavy (non-hydrogen) atoms. The topological polar surface area (TPSA) is 29.5 Å². The molecule has 0 aromatic rings. The monoisotopic (exact) mass is 216 g/mol. The zero-order chi connectivity index (χ0) is 12.1. The molecule has 0 aromatic heterocycles. The van der Waals surface area contributed by atoms with Gasteiger partial charge >= 0.3 is 0 Å². The Hall–Kier alpha value is -0.0800. The molecule has 0 bridgehead atoms. The fourth-order valence-corrected chi connectivity index (χ4v) is 2.46. The third kappa shape index (κ3) is 6.16. The predicted octanol–water partition coefficient (Wildman–Crippen LogP) is 4.50. The number of hydrogen-bond acceptors (Lipinski definition) is 2. The predicted molar refractivity (Wildman–Crippen MR) is 64.9 cm³/mol. The quantitative estimate of drug-likeness (QED) is 0.523. The molecule has 0 amide bonds. The van der Waals surface area contributed by atoms with Crippen molar-refractivity contribution >= 4 is 0 Å². The van der Waals surface area contributed by atoms with Crippen molar-refractivity contribution in [1.29, 1.82) is 0 Å². The highest BCUT2D eigenvalue weighted by Crippen LogP contribution is 2.38. The average molecular weight is 216 g/mol. The van der Waals surface area contributed by atoms with Gasteiger partial charge in [0.15, 0.2) is 0 Å². The fraction of sp³-hybridized carbons (Fsp3) is 1.00. The molecule has 0 spiro atoms. The van der Waals surface area contributed by atoms with Crippen molar-refractivity contribution in [2.24, 2.45) is 10.8 Å². The molecule has 0 aliphatic rings. The second-order valence-corrected chi connectivity index (χ2v) is 6.46. The van der Waals surface area contributed by atoms with Gasteiger partial charge in [-0.2, -0.15) is 0 Å². The first-order valence-corrected chi connectivity index (χ1v) is 6.03. The first-order valence-electron chi connectivity index (χ1n) is 6.03. The maximum atomic E-state index is 8.99. The molecule has 0 aliphatic carbocycles. The molecule has 0 aliphatic heterocycles. The van der Waals surface area contributed by atoms with Gasteiger partial charge < -0.3 is 0 Å². The van der Waals surface area contributed by atoms with E-state index in [9.17, 15) is 0 Å². The first kappa shape index (κ1) is 14.9. The minimum Gasteiger partial charge on any atom is -0.252 e. The summed E-state index contributed by atoms with van der Waals surface area (Å²) in [5.41, 5.74) is 0.300. The molecular weight excluding hydrogens is 188 g/mol. The van der Waals surface area contributed by atoms with Crippen molar-refractivity contribution in [2.75, 3.05) is 0 Å². The third-order valence-electron chi connectivity index (χ3n) is 2.80. The van der Waals surface area contributed by atoms with Crippen LogP contribution in [0.4, 0.5) is 0 Å². The van der Waals surface area contributed by atoms with E-state index in [0.717, 1.165) is 25.7 Å². The van der Waals surface area contributed by atoms with Crippen LogP contribution in [-0.4, -0.2) is 11.4 Å². The largest absolute Gasteiger partial charge is 0.252 e. The van der Waals surface area contributed by atoms with E-state index >= 15 is 0 Å². The lowest BCUT2D eigenvalue weighted by Gasteiger charge is -2.37. The van der Waals surface area contributed by atoms with Gasteiger partial charge in [-0.25, -0.2) is 4.89 Å². The zero-order valence-electron chi connectivity index (χ0n) is 11.3. The molecule has 1 unspecified atom stereocenters. The molecule has 0 heterocycles.